The van der Waals surface area contributed by atoms with Gasteiger partial charge in [-0.15, -0.1) is 11.3 Å². The molecule has 2 aromatic rings. The number of ether oxygens (including phenoxy) is 1. The molecule has 2 amide bonds. The molecule has 2 heterocycles. The number of benzene rings is 1. The van der Waals surface area contributed by atoms with Crippen LogP contribution in [0.4, 0.5) is 0 Å². The Hall–Kier alpha value is -2.05. The van der Waals surface area contributed by atoms with Crippen LogP contribution in [-0.2, 0) is 4.79 Å². The highest BCUT2D eigenvalue weighted by Gasteiger charge is 2.25. The zero-order valence-electron chi connectivity index (χ0n) is 14.8. The molecule has 1 saturated heterocycles. The second-order valence-electron chi connectivity index (χ2n) is 6.31. The van der Waals surface area contributed by atoms with Gasteiger partial charge < -0.3 is 14.5 Å². The summed E-state index contributed by atoms with van der Waals surface area (Å²) in [5.41, 5.74) is 1.82. The topological polar surface area (TPSA) is 49.9 Å². The van der Waals surface area contributed by atoms with E-state index >= 15 is 0 Å². The van der Waals surface area contributed by atoms with E-state index in [1.807, 2.05) is 43.5 Å². The van der Waals surface area contributed by atoms with Gasteiger partial charge in [0, 0.05) is 31.2 Å². The highest BCUT2D eigenvalue weighted by atomic mass is 35.5. The van der Waals surface area contributed by atoms with Crippen molar-refractivity contribution in [2.24, 2.45) is 0 Å². The van der Waals surface area contributed by atoms with Gasteiger partial charge in [0.15, 0.2) is 6.61 Å². The summed E-state index contributed by atoms with van der Waals surface area (Å²) < 4.78 is 5.74. The van der Waals surface area contributed by atoms with Gasteiger partial charge in [-0.1, -0.05) is 17.7 Å². The monoisotopic (exact) mass is 392 g/mol. The zero-order chi connectivity index (χ0) is 18.7. The van der Waals surface area contributed by atoms with Gasteiger partial charge in [0.25, 0.3) is 11.8 Å². The van der Waals surface area contributed by atoms with Crippen LogP contribution < -0.4 is 4.74 Å². The Kier molecular flexibility index (Phi) is 5.84. The van der Waals surface area contributed by atoms with Crippen LogP contribution in [0.15, 0.2) is 29.6 Å². The largest absolute Gasteiger partial charge is 0.483 e. The lowest BCUT2D eigenvalue weighted by Gasteiger charge is -2.34. The maximum absolute atomic E-state index is 12.4. The molecule has 5 nitrogen and oxygen atoms in total. The third-order valence-electron chi connectivity index (χ3n) is 4.42. The number of rotatable bonds is 4. The van der Waals surface area contributed by atoms with Gasteiger partial charge >= 0.3 is 0 Å². The minimum absolute atomic E-state index is 0.0117. The molecule has 1 fully saturated rings. The Bertz CT molecular complexity index is 776. The lowest BCUT2D eigenvalue weighted by atomic mass is 10.1. The summed E-state index contributed by atoms with van der Waals surface area (Å²) in [4.78, 5) is 29.1. The molecule has 0 bridgehead atoms. The zero-order valence-corrected chi connectivity index (χ0v) is 16.4. The molecule has 7 heteroatoms. The normalized spacial score (nSPS) is 14.4. The number of carbonyl (C=O) groups is 2. The summed E-state index contributed by atoms with van der Waals surface area (Å²) in [5, 5.41) is 2.55. The first-order valence-electron chi connectivity index (χ1n) is 8.46. The number of hydrogen-bond donors (Lipinski definition) is 0. The number of amides is 2. The van der Waals surface area contributed by atoms with Crippen LogP contribution in [0, 0.1) is 13.8 Å². The molecule has 0 spiro atoms. The molecule has 1 aliphatic heterocycles. The minimum Gasteiger partial charge on any atom is -0.483 e. The molecule has 0 unspecified atom stereocenters. The van der Waals surface area contributed by atoms with Gasteiger partial charge in [-0.3, -0.25) is 9.59 Å². The Morgan fingerprint density at radius 1 is 1.12 bits per heavy atom. The van der Waals surface area contributed by atoms with E-state index in [1.54, 1.807) is 9.80 Å². The highest BCUT2D eigenvalue weighted by Crippen LogP contribution is 2.27. The molecule has 26 heavy (non-hydrogen) atoms. The quantitative estimate of drug-likeness (QED) is 0.801. The summed E-state index contributed by atoms with van der Waals surface area (Å²) in [5.74, 6) is 0.673. The average Bonchev–Trinajstić information content (AvgIpc) is 3.14. The average molecular weight is 393 g/mol. The van der Waals surface area contributed by atoms with Gasteiger partial charge in [-0.2, -0.15) is 0 Å². The highest BCUT2D eigenvalue weighted by molar-refractivity contribution is 7.12. The van der Waals surface area contributed by atoms with E-state index in [4.69, 9.17) is 16.3 Å². The number of halogens is 1. The Labute approximate surface area is 162 Å². The second kappa shape index (κ2) is 8.10. The van der Waals surface area contributed by atoms with Crippen LogP contribution in [0.5, 0.6) is 5.75 Å². The van der Waals surface area contributed by atoms with Crippen molar-refractivity contribution >= 4 is 34.8 Å². The van der Waals surface area contributed by atoms with Gasteiger partial charge in [-0.25, -0.2) is 0 Å². The minimum atomic E-state index is -0.0676. The second-order valence-corrected chi connectivity index (χ2v) is 7.69. The molecule has 0 aliphatic carbocycles. The number of thiophene rings is 1. The number of piperazine rings is 1. The Balaban J connectivity index is 1.52. The number of hydrogen-bond acceptors (Lipinski definition) is 4. The molecular weight excluding hydrogens is 372 g/mol. The summed E-state index contributed by atoms with van der Waals surface area (Å²) in [6.07, 6.45) is 0. The van der Waals surface area contributed by atoms with E-state index in [1.165, 1.54) is 11.3 Å². The molecular formula is C19H21ClN2O3S. The van der Waals surface area contributed by atoms with Gasteiger partial charge in [0.05, 0.1) is 4.88 Å². The first-order valence-corrected chi connectivity index (χ1v) is 9.71. The van der Waals surface area contributed by atoms with Gasteiger partial charge in [-0.05, 0) is 48.6 Å². The van der Waals surface area contributed by atoms with E-state index in [2.05, 4.69) is 0 Å². The maximum atomic E-state index is 12.4. The van der Waals surface area contributed by atoms with Crippen LogP contribution in [0.3, 0.4) is 0 Å². The molecule has 1 aromatic carbocycles. The van der Waals surface area contributed by atoms with Gasteiger partial charge in [0.2, 0.25) is 0 Å². The third kappa shape index (κ3) is 4.19. The summed E-state index contributed by atoms with van der Waals surface area (Å²) in [6.45, 7) is 5.95. The fourth-order valence-corrected chi connectivity index (χ4v) is 4.08. The molecule has 1 aromatic heterocycles. The number of carbonyl (C=O) groups excluding carboxylic acids is 2. The summed E-state index contributed by atoms with van der Waals surface area (Å²) in [6, 6.07) is 7.34. The van der Waals surface area contributed by atoms with E-state index in [-0.39, 0.29) is 18.4 Å². The molecule has 0 atom stereocenters. The standard InChI is InChI=1S/C19H21ClN2O3S/c1-13-10-15(20)11-14(2)18(13)25-12-17(23)21-5-7-22(8-6-21)19(24)16-4-3-9-26-16/h3-4,9-11H,5-8,12H2,1-2H3. The molecule has 1 aliphatic rings. The first-order chi connectivity index (χ1) is 12.5. The fraction of sp³-hybridized carbons (Fsp3) is 0.368. The number of nitrogens with zero attached hydrogens (tertiary/aromatic N) is 2. The van der Waals surface area contributed by atoms with Crippen molar-refractivity contribution in [3.63, 3.8) is 0 Å². The van der Waals surface area contributed by atoms with Gasteiger partial charge in [0.1, 0.15) is 5.75 Å². The van der Waals surface area contributed by atoms with E-state index in [0.717, 1.165) is 16.0 Å². The Morgan fingerprint density at radius 3 is 2.31 bits per heavy atom. The summed E-state index contributed by atoms with van der Waals surface area (Å²) >= 11 is 7.46. The summed E-state index contributed by atoms with van der Waals surface area (Å²) in [7, 11) is 0. The van der Waals surface area contributed by atoms with Crippen molar-refractivity contribution in [1.29, 1.82) is 0 Å². The lowest BCUT2D eigenvalue weighted by Crippen LogP contribution is -2.51. The predicted octanol–water partition coefficient (Wildman–Crippen LogP) is 3.38. The molecule has 3 rings (SSSR count). The van der Waals surface area contributed by atoms with Crippen molar-refractivity contribution in [3.8, 4) is 5.75 Å². The van der Waals surface area contributed by atoms with Crippen molar-refractivity contribution in [1.82, 2.24) is 9.80 Å². The predicted molar refractivity (Wildman–Crippen MR) is 103 cm³/mol. The smallest absolute Gasteiger partial charge is 0.264 e. The van der Waals surface area contributed by atoms with Crippen LogP contribution in [-0.4, -0.2) is 54.4 Å². The fourth-order valence-electron chi connectivity index (χ4n) is 3.07. The van der Waals surface area contributed by atoms with Crippen molar-refractivity contribution in [2.75, 3.05) is 32.8 Å². The van der Waals surface area contributed by atoms with Crippen molar-refractivity contribution < 1.29 is 14.3 Å². The van der Waals surface area contributed by atoms with Crippen LogP contribution in [0.2, 0.25) is 5.02 Å². The third-order valence-corrected chi connectivity index (χ3v) is 5.49. The lowest BCUT2D eigenvalue weighted by molar-refractivity contribution is -0.134. The van der Waals surface area contributed by atoms with E-state index < -0.39 is 0 Å². The molecule has 138 valence electrons. The number of aryl methyl sites for hydroxylation is 2. The van der Waals surface area contributed by atoms with E-state index in [0.29, 0.717) is 37.0 Å². The van der Waals surface area contributed by atoms with Crippen LogP contribution >= 0.6 is 22.9 Å². The van der Waals surface area contributed by atoms with Crippen LogP contribution in [0.1, 0.15) is 20.8 Å². The molecule has 0 N–H and O–H groups in total. The first kappa shape index (κ1) is 18.7. The molecule has 0 radical (unpaired) electrons. The maximum Gasteiger partial charge on any atom is 0.264 e. The Morgan fingerprint density at radius 2 is 1.73 bits per heavy atom. The molecule has 0 saturated carbocycles. The van der Waals surface area contributed by atoms with Crippen molar-refractivity contribution in [3.05, 3.63) is 50.7 Å². The van der Waals surface area contributed by atoms with Crippen LogP contribution in [0.25, 0.3) is 0 Å². The van der Waals surface area contributed by atoms with Crippen molar-refractivity contribution in [2.45, 2.75) is 13.8 Å². The SMILES string of the molecule is Cc1cc(Cl)cc(C)c1OCC(=O)N1CCN(C(=O)c2cccs2)CC1. The van der Waals surface area contributed by atoms with E-state index in [9.17, 15) is 9.59 Å².